The highest BCUT2D eigenvalue weighted by atomic mass is 16.6. The summed E-state index contributed by atoms with van der Waals surface area (Å²) < 4.78 is 7.19. The number of ether oxygens (including phenoxy) is 1. The second-order valence-electron chi connectivity index (χ2n) is 8.11. The van der Waals surface area contributed by atoms with E-state index in [2.05, 4.69) is 10.3 Å². The number of piperidine rings is 1. The molecule has 1 fully saturated rings. The van der Waals surface area contributed by atoms with Gasteiger partial charge in [0.1, 0.15) is 11.2 Å². The monoisotopic (exact) mass is 372 g/mol. The Hall–Kier alpha value is -2.57. The molecule has 0 saturated carbocycles. The molecular formula is C20H28N4O3. The van der Waals surface area contributed by atoms with E-state index in [-0.39, 0.29) is 11.8 Å². The lowest BCUT2D eigenvalue weighted by Gasteiger charge is -2.33. The van der Waals surface area contributed by atoms with Gasteiger partial charge in [-0.15, -0.1) is 0 Å². The second-order valence-corrected chi connectivity index (χ2v) is 8.11. The first-order valence-corrected chi connectivity index (χ1v) is 9.47. The molecule has 2 aromatic heterocycles. The Morgan fingerprint density at radius 2 is 2.15 bits per heavy atom. The van der Waals surface area contributed by atoms with Crippen molar-refractivity contribution < 1.29 is 14.3 Å². The topological polar surface area (TPSA) is 75.9 Å². The lowest BCUT2D eigenvalue weighted by Crippen LogP contribution is -2.45. The van der Waals surface area contributed by atoms with Crippen molar-refractivity contribution in [3.05, 3.63) is 36.3 Å². The second kappa shape index (κ2) is 7.98. The molecule has 1 aliphatic rings. The number of alkyl carbamates (subject to hydrolysis) is 1. The molecule has 3 heterocycles. The smallest absolute Gasteiger partial charge is 0.407 e. The van der Waals surface area contributed by atoms with Crippen molar-refractivity contribution >= 4 is 17.6 Å². The van der Waals surface area contributed by atoms with Crippen LogP contribution in [0.15, 0.2) is 30.6 Å². The summed E-state index contributed by atoms with van der Waals surface area (Å²) in [5.74, 6) is 0.330. The molecule has 3 rings (SSSR count). The van der Waals surface area contributed by atoms with Gasteiger partial charge in [0.15, 0.2) is 0 Å². The van der Waals surface area contributed by atoms with Gasteiger partial charge in [-0.3, -0.25) is 4.79 Å². The summed E-state index contributed by atoms with van der Waals surface area (Å²) in [6.07, 6.45) is 5.66. The molecule has 2 amide bonds. The molecule has 146 valence electrons. The standard InChI is InChI=1S/C20H28N4O3/c1-20(2,3)27-19(26)21-12-15-7-6-10-24(13-15)18(25)11-16-14-23-9-5-4-8-17(23)22-16/h4-5,8-9,14-15H,6-7,10-13H2,1-3H3,(H,21,26)/t15-/m0/s1. The average molecular weight is 372 g/mol. The summed E-state index contributed by atoms with van der Waals surface area (Å²) in [5.41, 5.74) is 1.12. The molecule has 7 heteroatoms. The van der Waals surface area contributed by atoms with Crippen LogP contribution in [-0.2, 0) is 16.0 Å². The number of nitrogens with zero attached hydrogens (tertiary/aromatic N) is 3. The van der Waals surface area contributed by atoms with E-state index in [1.807, 2.05) is 60.7 Å². The van der Waals surface area contributed by atoms with Gasteiger partial charge in [0.05, 0.1) is 12.1 Å². The van der Waals surface area contributed by atoms with Crippen molar-refractivity contribution in [1.29, 1.82) is 0 Å². The number of hydrogen-bond donors (Lipinski definition) is 1. The minimum absolute atomic E-state index is 0.0837. The predicted molar refractivity (Wildman–Crippen MR) is 102 cm³/mol. The zero-order valence-corrected chi connectivity index (χ0v) is 16.3. The van der Waals surface area contributed by atoms with Crippen molar-refractivity contribution in [3.63, 3.8) is 0 Å². The van der Waals surface area contributed by atoms with Crippen LogP contribution in [0.2, 0.25) is 0 Å². The van der Waals surface area contributed by atoms with E-state index >= 15 is 0 Å². The first-order valence-electron chi connectivity index (χ1n) is 9.47. The fourth-order valence-electron chi connectivity index (χ4n) is 3.34. The van der Waals surface area contributed by atoms with Gasteiger partial charge in [0.25, 0.3) is 0 Å². The number of amides is 2. The fraction of sp³-hybridized carbons (Fsp3) is 0.550. The van der Waals surface area contributed by atoms with E-state index in [0.717, 1.165) is 30.7 Å². The average Bonchev–Trinajstić information content (AvgIpc) is 3.01. The van der Waals surface area contributed by atoms with E-state index in [1.165, 1.54) is 0 Å². The molecule has 1 N–H and O–H groups in total. The van der Waals surface area contributed by atoms with Crippen LogP contribution in [0.4, 0.5) is 4.79 Å². The first-order chi connectivity index (χ1) is 12.8. The maximum absolute atomic E-state index is 12.7. The number of aromatic nitrogens is 2. The minimum Gasteiger partial charge on any atom is -0.444 e. The number of likely N-dealkylation sites (tertiary alicyclic amines) is 1. The Balaban J connectivity index is 1.51. The largest absolute Gasteiger partial charge is 0.444 e. The molecule has 1 saturated heterocycles. The van der Waals surface area contributed by atoms with Gasteiger partial charge >= 0.3 is 6.09 Å². The number of hydrogen-bond acceptors (Lipinski definition) is 4. The van der Waals surface area contributed by atoms with Crippen LogP contribution in [0.1, 0.15) is 39.3 Å². The number of pyridine rings is 1. The Labute approximate surface area is 159 Å². The van der Waals surface area contributed by atoms with E-state index < -0.39 is 11.7 Å². The molecule has 27 heavy (non-hydrogen) atoms. The molecule has 1 aliphatic heterocycles. The summed E-state index contributed by atoms with van der Waals surface area (Å²) >= 11 is 0. The van der Waals surface area contributed by atoms with Gasteiger partial charge < -0.3 is 19.4 Å². The molecule has 7 nitrogen and oxygen atoms in total. The zero-order chi connectivity index (χ0) is 19.4. The van der Waals surface area contributed by atoms with Gasteiger partial charge in [0, 0.05) is 32.0 Å². The normalized spacial score (nSPS) is 17.7. The lowest BCUT2D eigenvalue weighted by molar-refractivity contribution is -0.132. The molecule has 1 atom stereocenters. The van der Waals surface area contributed by atoms with Crippen LogP contribution in [-0.4, -0.2) is 51.5 Å². The summed E-state index contributed by atoms with van der Waals surface area (Å²) in [6, 6.07) is 5.79. The predicted octanol–water partition coefficient (Wildman–Crippen LogP) is 2.64. The van der Waals surface area contributed by atoms with Gasteiger partial charge in [-0.2, -0.15) is 0 Å². The number of nitrogens with one attached hydrogen (secondary N) is 1. The lowest BCUT2D eigenvalue weighted by atomic mass is 9.97. The summed E-state index contributed by atoms with van der Waals surface area (Å²) in [5, 5.41) is 2.82. The van der Waals surface area contributed by atoms with E-state index in [0.29, 0.717) is 19.5 Å². The molecule has 0 bridgehead atoms. The molecule has 0 spiro atoms. The molecule has 2 aromatic rings. The van der Waals surface area contributed by atoms with Gasteiger partial charge in [-0.25, -0.2) is 9.78 Å². The van der Waals surface area contributed by atoms with Crippen LogP contribution in [0, 0.1) is 5.92 Å². The number of fused-ring (bicyclic) bond motifs is 1. The summed E-state index contributed by atoms with van der Waals surface area (Å²) in [4.78, 5) is 30.9. The minimum atomic E-state index is -0.507. The Kier molecular flexibility index (Phi) is 5.68. The van der Waals surface area contributed by atoms with Crippen LogP contribution < -0.4 is 5.32 Å². The number of carbonyl (C=O) groups excluding carboxylic acids is 2. The van der Waals surface area contributed by atoms with Gasteiger partial charge in [-0.1, -0.05) is 6.07 Å². The third-order valence-electron chi connectivity index (χ3n) is 4.55. The molecule has 0 radical (unpaired) electrons. The van der Waals surface area contributed by atoms with Crippen molar-refractivity contribution in [2.75, 3.05) is 19.6 Å². The highest BCUT2D eigenvalue weighted by Crippen LogP contribution is 2.17. The number of rotatable bonds is 4. The van der Waals surface area contributed by atoms with E-state index in [1.54, 1.807) is 0 Å². The maximum atomic E-state index is 12.7. The third-order valence-corrected chi connectivity index (χ3v) is 4.55. The highest BCUT2D eigenvalue weighted by Gasteiger charge is 2.25. The van der Waals surface area contributed by atoms with Crippen molar-refractivity contribution in [3.8, 4) is 0 Å². The van der Waals surface area contributed by atoms with Crippen molar-refractivity contribution in [2.24, 2.45) is 5.92 Å². The van der Waals surface area contributed by atoms with Crippen LogP contribution >= 0.6 is 0 Å². The van der Waals surface area contributed by atoms with Crippen LogP contribution in [0.25, 0.3) is 5.65 Å². The van der Waals surface area contributed by atoms with Gasteiger partial charge in [0.2, 0.25) is 5.91 Å². The molecular weight excluding hydrogens is 344 g/mol. The van der Waals surface area contributed by atoms with E-state index in [9.17, 15) is 9.59 Å². The number of imidazole rings is 1. The third kappa shape index (κ3) is 5.45. The maximum Gasteiger partial charge on any atom is 0.407 e. The Morgan fingerprint density at radius 1 is 1.33 bits per heavy atom. The molecule has 0 aromatic carbocycles. The zero-order valence-electron chi connectivity index (χ0n) is 16.3. The SMILES string of the molecule is CC(C)(C)OC(=O)NC[C@@H]1CCCN(C(=O)Cc2cn3ccccc3n2)C1. The Morgan fingerprint density at radius 3 is 2.89 bits per heavy atom. The summed E-state index contributed by atoms with van der Waals surface area (Å²) in [6.45, 7) is 7.46. The highest BCUT2D eigenvalue weighted by molar-refractivity contribution is 5.78. The molecule has 0 unspecified atom stereocenters. The first kappa shape index (κ1) is 19.2. The summed E-state index contributed by atoms with van der Waals surface area (Å²) in [7, 11) is 0. The van der Waals surface area contributed by atoms with Crippen LogP contribution in [0.5, 0.6) is 0 Å². The Bertz CT molecular complexity index is 776. The van der Waals surface area contributed by atoms with Crippen LogP contribution in [0.3, 0.4) is 0 Å². The quantitative estimate of drug-likeness (QED) is 0.895. The fourth-order valence-corrected chi connectivity index (χ4v) is 3.34. The van der Waals surface area contributed by atoms with Gasteiger partial charge in [-0.05, 0) is 51.7 Å². The number of carbonyl (C=O) groups is 2. The van der Waals surface area contributed by atoms with E-state index in [4.69, 9.17) is 4.74 Å². The molecule has 0 aliphatic carbocycles. The van der Waals surface area contributed by atoms with Crippen molar-refractivity contribution in [2.45, 2.75) is 45.6 Å². The van der Waals surface area contributed by atoms with Crippen molar-refractivity contribution in [1.82, 2.24) is 19.6 Å².